The second-order valence-electron chi connectivity index (χ2n) is 8.60. The predicted octanol–water partition coefficient (Wildman–Crippen LogP) is 3.12. The summed E-state index contributed by atoms with van der Waals surface area (Å²) < 4.78 is 77.4. The van der Waals surface area contributed by atoms with E-state index in [1.54, 1.807) is 18.3 Å². The van der Waals surface area contributed by atoms with E-state index in [1.807, 2.05) is 0 Å². The highest BCUT2D eigenvalue weighted by Crippen LogP contribution is 2.48. The number of alkyl halides is 3. The Morgan fingerprint density at radius 3 is 2.72 bits per heavy atom. The molecule has 4 heterocycles. The molecule has 1 aliphatic rings. The summed E-state index contributed by atoms with van der Waals surface area (Å²) in [6.45, 7) is 0.138. The van der Waals surface area contributed by atoms with Crippen molar-refractivity contribution in [1.82, 2.24) is 30.3 Å². The summed E-state index contributed by atoms with van der Waals surface area (Å²) >= 11 is 1.15. The molecule has 36 heavy (non-hydrogen) atoms. The van der Waals surface area contributed by atoms with E-state index < -0.39 is 27.3 Å². The first-order valence-corrected chi connectivity index (χ1v) is 13.6. The predicted molar refractivity (Wildman–Crippen MR) is 123 cm³/mol. The molecule has 3 aromatic heterocycles. The van der Waals surface area contributed by atoms with Gasteiger partial charge in [0.25, 0.3) is 5.19 Å². The van der Waals surface area contributed by atoms with E-state index in [-0.39, 0.29) is 41.8 Å². The van der Waals surface area contributed by atoms with Gasteiger partial charge in [-0.15, -0.1) is 10.2 Å². The monoisotopic (exact) mass is 542 g/mol. The Morgan fingerprint density at radius 2 is 2.08 bits per heavy atom. The van der Waals surface area contributed by atoms with Crippen LogP contribution in [0.25, 0.3) is 16.2 Å². The second-order valence-corrected chi connectivity index (χ2v) is 11.5. The van der Waals surface area contributed by atoms with Crippen LogP contribution >= 0.6 is 11.3 Å². The quantitative estimate of drug-likeness (QED) is 0.375. The Morgan fingerprint density at radius 1 is 1.31 bits per heavy atom. The molecule has 1 aromatic carbocycles. The maximum atomic E-state index is 13.9. The smallest absolute Gasteiger partial charge is 0.394 e. The van der Waals surface area contributed by atoms with E-state index in [2.05, 4.69) is 25.8 Å². The molecule has 4 aromatic rings. The molecule has 10 nitrogen and oxygen atoms in total. The van der Waals surface area contributed by atoms with E-state index in [0.29, 0.717) is 22.8 Å². The van der Waals surface area contributed by atoms with Gasteiger partial charge in [-0.05, 0) is 42.9 Å². The highest BCUT2D eigenvalue weighted by molar-refractivity contribution is 7.90. The molecule has 1 aliphatic heterocycles. The summed E-state index contributed by atoms with van der Waals surface area (Å²) in [6.07, 6.45) is -0.166. The van der Waals surface area contributed by atoms with Crippen LogP contribution in [-0.4, -0.2) is 65.5 Å². The van der Waals surface area contributed by atoms with Gasteiger partial charge in [-0.2, -0.15) is 13.2 Å². The Labute approximate surface area is 207 Å². The number of sulfone groups is 1. The molecule has 0 saturated carbocycles. The lowest BCUT2D eigenvalue weighted by molar-refractivity contribution is -0.202. The third kappa shape index (κ3) is 4.69. The van der Waals surface area contributed by atoms with Crippen molar-refractivity contribution in [1.29, 1.82) is 0 Å². The molecule has 1 fully saturated rings. The Hall–Kier alpha value is -3.04. The van der Waals surface area contributed by atoms with E-state index in [0.717, 1.165) is 17.6 Å². The van der Waals surface area contributed by atoms with Gasteiger partial charge in [0.1, 0.15) is 0 Å². The van der Waals surface area contributed by atoms with Crippen molar-refractivity contribution in [3.63, 3.8) is 0 Å². The molecule has 15 heteroatoms. The largest absolute Gasteiger partial charge is 0.469 e. The molecule has 192 valence electrons. The van der Waals surface area contributed by atoms with Crippen LogP contribution in [0.4, 0.5) is 13.2 Å². The Balaban J connectivity index is 1.31. The Bertz CT molecular complexity index is 1420. The van der Waals surface area contributed by atoms with Crippen molar-refractivity contribution < 1.29 is 30.8 Å². The molecule has 2 unspecified atom stereocenters. The van der Waals surface area contributed by atoms with Crippen molar-refractivity contribution in [3.8, 4) is 16.5 Å². The lowest BCUT2D eigenvalue weighted by Crippen LogP contribution is -2.54. The summed E-state index contributed by atoms with van der Waals surface area (Å²) in [5.74, 6) is -1.59. The summed E-state index contributed by atoms with van der Waals surface area (Å²) in [5, 5.41) is 14.4. The zero-order valence-electron chi connectivity index (χ0n) is 18.9. The lowest BCUT2D eigenvalue weighted by Gasteiger charge is -2.43. The topological polar surface area (TPSA) is 125 Å². The third-order valence-electron chi connectivity index (χ3n) is 6.39. The number of nitrogens with one attached hydrogen (secondary N) is 1. The molecular weight excluding hydrogens is 521 g/mol. The highest BCUT2D eigenvalue weighted by atomic mass is 32.2. The van der Waals surface area contributed by atoms with Gasteiger partial charge >= 0.3 is 6.18 Å². The van der Waals surface area contributed by atoms with Crippen molar-refractivity contribution in [2.75, 3.05) is 26.0 Å². The fourth-order valence-corrected chi connectivity index (χ4v) is 5.92. The fourth-order valence-electron chi connectivity index (χ4n) is 4.53. The average Bonchev–Trinajstić information content (AvgIpc) is 3.55. The van der Waals surface area contributed by atoms with Crippen LogP contribution in [0.15, 0.2) is 46.1 Å². The zero-order valence-corrected chi connectivity index (χ0v) is 20.5. The van der Waals surface area contributed by atoms with Crippen LogP contribution in [-0.2, 0) is 15.3 Å². The van der Waals surface area contributed by atoms with E-state index in [4.69, 9.17) is 9.26 Å². The number of hydrogen-bond donors (Lipinski definition) is 1. The first-order valence-electron chi connectivity index (χ1n) is 10.9. The van der Waals surface area contributed by atoms with Gasteiger partial charge in [0.2, 0.25) is 4.96 Å². The number of imidazole rings is 1. The van der Waals surface area contributed by atoms with Gasteiger partial charge in [0.05, 0.1) is 40.9 Å². The molecule has 0 spiro atoms. The summed E-state index contributed by atoms with van der Waals surface area (Å²) in [7, 11) is -3.30. The molecule has 1 N–H and O–H groups in total. The molecule has 5 rings (SSSR count). The second kappa shape index (κ2) is 9.12. The molecule has 0 aliphatic carbocycles. The molecule has 0 bridgehead atoms. The molecule has 0 radical (unpaired) electrons. The number of piperidine rings is 1. The van der Waals surface area contributed by atoms with E-state index >= 15 is 0 Å². The number of aromatic nitrogens is 5. The van der Waals surface area contributed by atoms with Crippen molar-refractivity contribution in [3.05, 3.63) is 42.4 Å². The standard InChI is InChI=1S/C21H21F3N6O4S2/c1-36(31,32)14-4-2-13(3-5-14)15-12-30-18(27-15)35-19(28-30)33-9-7-20(17-11-26-29-34-17)6-8-25-10-16(20)21(22,23)24/h2-5,11-12,16,25H,6-10H2,1H3. The molecule has 1 saturated heterocycles. The first-order chi connectivity index (χ1) is 17.1. The Kier molecular flexibility index (Phi) is 6.24. The van der Waals surface area contributed by atoms with Crippen LogP contribution < -0.4 is 10.1 Å². The number of rotatable bonds is 7. The molecule has 0 amide bonds. The van der Waals surface area contributed by atoms with Crippen molar-refractivity contribution >= 4 is 26.1 Å². The minimum atomic E-state index is -4.45. The highest BCUT2D eigenvalue weighted by Gasteiger charge is 2.57. The van der Waals surface area contributed by atoms with Crippen LogP contribution in [0, 0.1) is 5.92 Å². The maximum absolute atomic E-state index is 13.9. The van der Waals surface area contributed by atoms with Gasteiger partial charge in [-0.1, -0.05) is 12.1 Å². The van der Waals surface area contributed by atoms with Crippen molar-refractivity contribution in [2.45, 2.75) is 29.3 Å². The molecule has 2 atom stereocenters. The number of halogens is 3. The van der Waals surface area contributed by atoms with Gasteiger partial charge < -0.3 is 14.6 Å². The summed E-state index contributed by atoms with van der Waals surface area (Å²) in [5.41, 5.74) is -0.0375. The van der Waals surface area contributed by atoms with Gasteiger partial charge in [0, 0.05) is 23.6 Å². The van der Waals surface area contributed by atoms with Gasteiger partial charge in [-0.3, -0.25) is 0 Å². The number of benzene rings is 1. The lowest BCUT2D eigenvalue weighted by atomic mass is 9.66. The van der Waals surface area contributed by atoms with Crippen LogP contribution in [0.2, 0.25) is 0 Å². The van der Waals surface area contributed by atoms with E-state index in [1.165, 1.54) is 22.8 Å². The van der Waals surface area contributed by atoms with E-state index in [9.17, 15) is 21.6 Å². The van der Waals surface area contributed by atoms with Crippen molar-refractivity contribution in [2.24, 2.45) is 5.92 Å². The zero-order chi connectivity index (χ0) is 25.6. The number of fused-ring (bicyclic) bond motifs is 1. The van der Waals surface area contributed by atoms with Gasteiger partial charge in [-0.25, -0.2) is 17.9 Å². The fraction of sp³-hybridized carbons (Fsp3) is 0.429. The number of nitrogens with zero attached hydrogens (tertiary/aromatic N) is 5. The van der Waals surface area contributed by atoms with Gasteiger partial charge in [0.15, 0.2) is 15.6 Å². The minimum absolute atomic E-state index is 0.0240. The summed E-state index contributed by atoms with van der Waals surface area (Å²) in [4.78, 5) is 5.23. The number of ether oxygens (including phenoxy) is 1. The van der Waals surface area contributed by atoms with Crippen LogP contribution in [0.1, 0.15) is 18.6 Å². The summed E-state index contributed by atoms with van der Waals surface area (Å²) in [6, 6.07) is 6.34. The minimum Gasteiger partial charge on any atom is -0.469 e. The van der Waals surface area contributed by atoms with Crippen LogP contribution in [0.3, 0.4) is 0 Å². The molecular formula is C21H21F3N6O4S2. The SMILES string of the molecule is CS(=O)(=O)c1ccc(-c2cn3nc(OCCC4(c5cnno5)CCNCC4C(F)(F)F)sc3n2)cc1. The normalized spacial score (nSPS) is 21.2. The van der Waals surface area contributed by atoms with Crippen LogP contribution in [0.5, 0.6) is 5.19 Å². The number of hydrogen-bond acceptors (Lipinski definition) is 10. The maximum Gasteiger partial charge on any atom is 0.394 e. The third-order valence-corrected chi connectivity index (χ3v) is 8.35. The first kappa shape index (κ1) is 24.6. The average molecular weight is 543 g/mol.